The summed E-state index contributed by atoms with van der Waals surface area (Å²) in [4.78, 5) is 17.1. The fourth-order valence-corrected chi connectivity index (χ4v) is 3.56. The molecule has 0 aromatic carbocycles. The number of carboxylic acid groups (broad SMARTS) is 1. The molecule has 6 heteroatoms. The molecule has 0 atom stereocenters. The number of hydrogen-bond donors (Lipinski definition) is 1. The summed E-state index contributed by atoms with van der Waals surface area (Å²) in [5.74, 6) is 0.373. The second-order valence-corrected chi connectivity index (χ2v) is 6.26. The lowest BCUT2D eigenvalue weighted by Crippen LogP contribution is -2.36. The van der Waals surface area contributed by atoms with Crippen LogP contribution in [-0.2, 0) is 6.54 Å². The van der Waals surface area contributed by atoms with Gasteiger partial charge >= 0.3 is 6.09 Å². The molecule has 3 aromatic rings. The molecule has 1 fully saturated rings. The van der Waals surface area contributed by atoms with Crippen LogP contribution in [0.15, 0.2) is 47.5 Å². The quantitative estimate of drug-likeness (QED) is 0.799. The predicted octanol–water partition coefficient (Wildman–Crippen LogP) is 3.54. The number of piperidine rings is 1. The Labute approximate surface area is 139 Å². The van der Waals surface area contributed by atoms with Gasteiger partial charge in [0.05, 0.1) is 19.1 Å². The molecule has 1 saturated heterocycles. The Morgan fingerprint density at radius 3 is 2.88 bits per heavy atom. The van der Waals surface area contributed by atoms with Crippen LogP contribution in [0.4, 0.5) is 4.79 Å². The molecule has 124 valence electrons. The number of aromatic nitrogens is 2. The van der Waals surface area contributed by atoms with Crippen LogP contribution in [0.25, 0.3) is 11.0 Å². The van der Waals surface area contributed by atoms with E-state index in [0.717, 1.165) is 36.0 Å². The molecular weight excluding hydrogens is 306 g/mol. The molecule has 1 amide bonds. The molecular formula is C18H19N3O3. The lowest BCUT2D eigenvalue weighted by Gasteiger charge is -2.29. The van der Waals surface area contributed by atoms with Gasteiger partial charge in [-0.15, -0.1) is 0 Å². The summed E-state index contributed by atoms with van der Waals surface area (Å²) in [6.45, 7) is 1.90. The molecule has 0 spiro atoms. The maximum atomic E-state index is 11.1. The number of pyridine rings is 1. The molecule has 1 aliphatic heterocycles. The van der Waals surface area contributed by atoms with Crippen molar-refractivity contribution in [2.75, 3.05) is 13.1 Å². The van der Waals surface area contributed by atoms with Crippen LogP contribution in [0.2, 0.25) is 0 Å². The number of amides is 1. The van der Waals surface area contributed by atoms with Crippen LogP contribution >= 0.6 is 0 Å². The predicted molar refractivity (Wildman–Crippen MR) is 89.1 cm³/mol. The van der Waals surface area contributed by atoms with E-state index in [9.17, 15) is 4.79 Å². The maximum absolute atomic E-state index is 11.1. The van der Waals surface area contributed by atoms with Gasteiger partial charge in [0.25, 0.3) is 0 Å². The van der Waals surface area contributed by atoms with Gasteiger partial charge in [-0.3, -0.25) is 0 Å². The Hall–Kier alpha value is -2.76. The maximum Gasteiger partial charge on any atom is 0.407 e. The van der Waals surface area contributed by atoms with Crippen LogP contribution in [0, 0.1) is 0 Å². The topological polar surface area (TPSA) is 71.5 Å². The second-order valence-electron chi connectivity index (χ2n) is 6.26. The van der Waals surface area contributed by atoms with Crippen molar-refractivity contribution < 1.29 is 14.3 Å². The van der Waals surface area contributed by atoms with E-state index in [1.165, 1.54) is 10.5 Å². The highest BCUT2D eigenvalue weighted by Crippen LogP contribution is 2.34. The highest BCUT2D eigenvalue weighted by molar-refractivity contribution is 5.81. The number of fused-ring (bicyclic) bond motifs is 1. The third-order valence-corrected chi connectivity index (χ3v) is 4.80. The largest absolute Gasteiger partial charge is 0.472 e. The number of rotatable bonds is 3. The molecule has 0 aliphatic carbocycles. The summed E-state index contributed by atoms with van der Waals surface area (Å²) in [7, 11) is 0. The molecule has 0 unspecified atom stereocenters. The third kappa shape index (κ3) is 2.64. The molecule has 3 aromatic heterocycles. The Kier molecular flexibility index (Phi) is 3.72. The van der Waals surface area contributed by atoms with Gasteiger partial charge < -0.3 is 19.0 Å². The van der Waals surface area contributed by atoms with Crippen LogP contribution in [0.3, 0.4) is 0 Å². The molecule has 1 aliphatic rings. The first-order valence-corrected chi connectivity index (χ1v) is 8.15. The summed E-state index contributed by atoms with van der Waals surface area (Å²) < 4.78 is 7.31. The lowest BCUT2D eigenvalue weighted by atomic mass is 9.90. The van der Waals surface area contributed by atoms with Gasteiger partial charge in [-0.25, -0.2) is 9.78 Å². The van der Waals surface area contributed by atoms with E-state index >= 15 is 0 Å². The van der Waals surface area contributed by atoms with E-state index in [2.05, 4.69) is 21.8 Å². The highest BCUT2D eigenvalue weighted by atomic mass is 16.4. The van der Waals surface area contributed by atoms with Crippen LogP contribution in [0.1, 0.15) is 29.9 Å². The van der Waals surface area contributed by atoms with Crippen LogP contribution in [-0.4, -0.2) is 38.7 Å². The summed E-state index contributed by atoms with van der Waals surface area (Å²) in [6.07, 6.45) is 8.29. The molecule has 0 bridgehead atoms. The zero-order valence-corrected chi connectivity index (χ0v) is 13.3. The van der Waals surface area contributed by atoms with Crippen molar-refractivity contribution in [3.63, 3.8) is 0 Å². The average Bonchev–Trinajstić information content (AvgIpc) is 3.24. The van der Waals surface area contributed by atoms with Gasteiger partial charge in [0.15, 0.2) is 0 Å². The van der Waals surface area contributed by atoms with E-state index in [1.54, 1.807) is 12.5 Å². The van der Waals surface area contributed by atoms with Gasteiger partial charge in [0.2, 0.25) is 0 Å². The first kappa shape index (κ1) is 14.8. The molecule has 4 heterocycles. The Balaban J connectivity index is 1.65. The zero-order chi connectivity index (χ0) is 16.5. The Morgan fingerprint density at radius 1 is 1.33 bits per heavy atom. The minimum absolute atomic E-state index is 0.373. The number of carbonyl (C=O) groups is 1. The fourth-order valence-electron chi connectivity index (χ4n) is 3.56. The van der Waals surface area contributed by atoms with Crippen molar-refractivity contribution in [1.29, 1.82) is 0 Å². The molecule has 0 saturated carbocycles. The molecule has 24 heavy (non-hydrogen) atoms. The normalized spacial score (nSPS) is 15.9. The van der Waals surface area contributed by atoms with E-state index in [4.69, 9.17) is 9.52 Å². The van der Waals surface area contributed by atoms with Crippen molar-refractivity contribution in [2.24, 2.45) is 0 Å². The van der Waals surface area contributed by atoms with E-state index in [-0.39, 0.29) is 0 Å². The molecule has 0 radical (unpaired) electrons. The highest BCUT2D eigenvalue weighted by Gasteiger charge is 2.26. The molecule has 6 nitrogen and oxygen atoms in total. The Morgan fingerprint density at radius 2 is 2.17 bits per heavy atom. The first-order chi connectivity index (χ1) is 11.7. The summed E-state index contributed by atoms with van der Waals surface area (Å²) in [6, 6.07) is 6.02. The number of hydrogen-bond acceptors (Lipinski definition) is 3. The van der Waals surface area contributed by atoms with Crippen LogP contribution in [0.5, 0.6) is 0 Å². The van der Waals surface area contributed by atoms with Gasteiger partial charge in [0.1, 0.15) is 5.65 Å². The molecule has 1 N–H and O–H groups in total. The van der Waals surface area contributed by atoms with Gasteiger partial charge in [0, 0.05) is 36.4 Å². The Bertz CT molecular complexity index is 846. The summed E-state index contributed by atoms with van der Waals surface area (Å²) >= 11 is 0. The minimum Gasteiger partial charge on any atom is -0.472 e. The SMILES string of the molecule is O=C(O)N1CCC(c2cn(Cc3ccoc3)c3ncccc23)CC1. The van der Waals surface area contributed by atoms with Crippen molar-refractivity contribution in [2.45, 2.75) is 25.3 Å². The standard InChI is InChI=1S/C18H19N3O3/c22-18(23)20-7-3-14(4-8-20)16-11-21(10-13-5-9-24-12-13)17-15(16)2-1-6-19-17/h1-2,5-6,9,11-12,14H,3-4,7-8,10H2,(H,22,23). The summed E-state index contributed by atoms with van der Waals surface area (Å²) in [5.41, 5.74) is 3.34. The monoisotopic (exact) mass is 325 g/mol. The zero-order valence-electron chi connectivity index (χ0n) is 13.3. The second kappa shape index (κ2) is 6.03. The third-order valence-electron chi connectivity index (χ3n) is 4.80. The van der Waals surface area contributed by atoms with Gasteiger partial charge in [-0.2, -0.15) is 0 Å². The van der Waals surface area contributed by atoms with E-state index in [1.807, 2.05) is 18.3 Å². The van der Waals surface area contributed by atoms with Crippen molar-refractivity contribution >= 4 is 17.1 Å². The number of nitrogens with zero attached hydrogens (tertiary/aromatic N) is 3. The van der Waals surface area contributed by atoms with E-state index < -0.39 is 6.09 Å². The number of furan rings is 1. The summed E-state index contributed by atoms with van der Waals surface area (Å²) in [5, 5.41) is 10.3. The van der Waals surface area contributed by atoms with Crippen molar-refractivity contribution in [3.05, 3.63) is 54.2 Å². The first-order valence-electron chi connectivity index (χ1n) is 8.15. The van der Waals surface area contributed by atoms with Crippen LogP contribution < -0.4 is 0 Å². The van der Waals surface area contributed by atoms with Gasteiger partial charge in [-0.05, 0) is 42.5 Å². The smallest absolute Gasteiger partial charge is 0.407 e. The number of likely N-dealkylation sites (tertiary alicyclic amines) is 1. The minimum atomic E-state index is -0.822. The molecule has 4 rings (SSSR count). The van der Waals surface area contributed by atoms with E-state index in [0.29, 0.717) is 19.0 Å². The van der Waals surface area contributed by atoms with Crippen molar-refractivity contribution in [3.8, 4) is 0 Å². The fraction of sp³-hybridized carbons (Fsp3) is 0.333. The van der Waals surface area contributed by atoms with Crippen molar-refractivity contribution in [1.82, 2.24) is 14.5 Å². The average molecular weight is 325 g/mol. The van der Waals surface area contributed by atoms with Gasteiger partial charge in [-0.1, -0.05) is 0 Å². The lowest BCUT2D eigenvalue weighted by molar-refractivity contribution is 0.132.